The maximum absolute atomic E-state index is 11.8. The van der Waals surface area contributed by atoms with Gasteiger partial charge in [0.2, 0.25) is 0 Å². The molecule has 1 heterocycles. The number of aromatic nitrogens is 1. The first-order valence-electron chi connectivity index (χ1n) is 4.61. The van der Waals surface area contributed by atoms with Crippen LogP contribution >= 0.6 is 27.3 Å². The topological polar surface area (TPSA) is 34.4 Å². The maximum Gasteiger partial charge on any atom is 0.279 e. The van der Waals surface area contributed by atoms with Crippen LogP contribution in [0.3, 0.4) is 0 Å². The molecule has 0 spiro atoms. The third-order valence-electron chi connectivity index (χ3n) is 2.05. The molecule has 1 amide bonds. The number of nitrogens with zero attached hydrogens (tertiary/aromatic N) is 2. The zero-order chi connectivity index (χ0) is 11.5. The Labute approximate surface area is 105 Å². The second-order valence-electron chi connectivity index (χ2n) is 3.22. The minimum Gasteiger partial charge on any atom is -0.327 e. The van der Waals surface area contributed by atoms with Gasteiger partial charge in [-0.3, -0.25) is 4.79 Å². The molecule has 5 heteroatoms. The van der Waals surface area contributed by atoms with Crippen molar-refractivity contribution in [3.8, 4) is 0 Å². The molecule has 0 atom stereocenters. The van der Waals surface area contributed by atoms with Crippen molar-refractivity contribution in [3.63, 3.8) is 0 Å². The molecule has 0 aliphatic heterocycles. The first-order valence-corrected chi connectivity index (χ1v) is 6.29. The summed E-state index contributed by atoms with van der Waals surface area (Å²) in [6.45, 7) is 0. The average molecular weight is 297 g/mol. The Morgan fingerprint density at radius 1 is 1.38 bits per heavy atom. The lowest BCUT2D eigenvalue weighted by molar-refractivity contribution is 0.0998. The number of carbonyl (C=O) groups excluding carboxylic acids is 1. The van der Waals surface area contributed by atoms with Crippen molar-refractivity contribution in [2.75, 3.05) is 0 Å². The van der Waals surface area contributed by atoms with E-state index in [1.807, 2.05) is 35.3 Å². The van der Waals surface area contributed by atoms with Gasteiger partial charge in [-0.2, -0.15) is 4.99 Å². The number of thiazole rings is 1. The van der Waals surface area contributed by atoms with Crippen molar-refractivity contribution in [1.82, 2.24) is 4.57 Å². The van der Waals surface area contributed by atoms with Crippen molar-refractivity contribution >= 4 is 33.2 Å². The van der Waals surface area contributed by atoms with Crippen LogP contribution in [0.15, 0.2) is 45.3 Å². The molecule has 0 aliphatic carbocycles. The second-order valence-corrected chi connectivity index (χ2v) is 5.01. The number of carbonyl (C=O) groups is 1. The number of hydrogen-bond donors (Lipinski definition) is 0. The summed E-state index contributed by atoms with van der Waals surface area (Å²) in [4.78, 5) is 16.5. The first kappa shape index (κ1) is 11.3. The molecule has 16 heavy (non-hydrogen) atoms. The fraction of sp³-hybridized carbons (Fsp3) is 0.0909. The predicted octanol–water partition coefficient (Wildman–Crippen LogP) is 2.59. The lowest BCUT2D eigenvalue weighted by Gasteiger charge is -1.95. The Morgan fingerprint density at radius 2 is 2.06 bits per heavy atom. The Hall–Kier alpha value is -1.20. The molecule has 2 rings (SSSR count). The Bertz CT molecular complexity index is 568. The second kappa shape index (κ2) is 4.76. The van der Waals surface area contributed by atoms with Gasteiger partial charge < -0.3 is 4.57 Å². The summed E-state index contributed by atoms with van der Waals surface area (Å²) in [5, 5.41) is 1.90. The number of hydrogen-bond acceptors (Lipinski definition) is 2. The van der Waals surface area contributed by atoms with E-state index in [1.165, 1.54) is 11.3 Å². The highest BCUT2D eigenvalue weighted by molar-refractivity contribution is 9.10. The van der Waals surface area contributed by atoms with Crippen LogP contribution in [0.5, 0.6) is 0 Å². The van der Waals surface area contributed by atoms with E-state index < -0.39 is 0 Å². The highest BCUT2D eigenvalue weighted by Gasteiger charge is 2.03. The lowest BCUT2D eigenvalue weighted by Crippen LogP contribution is -2.12. The van der Waals surface area contributed by atoms with Crippen LogP contribution in [-0.4, -0.2) is 10.5 Å². The van der Waals surface area contributed by atoms with Crippen LogP contribution in [0.25, 0.3) is 0 Å². The van der Waals surface area contributed by atoms with Gasteiger partial charge in [-0.15, -0.1) is 11.3 Å². The normalized spacial score (nSPS) is 11.8. The van der Waals surface area contributed by atoms with Gasteiger partial charge in [0.1, 0.15) is 0 Å². The predicted molar refractivity (Wildman–Crippen MR) is 67.3 cm³/mol. The summed E-state index contributed by atoms with van der Waals surface area (Å²) in [5.41, 5.74) is 0.594. The first-order chi connectivity index (χ1) is 7.66. The molecule has 0 N–H and O–H groups in total. The van der Waals surface area contributed by atoms with Crippen molar-refractivity contribution in [3.05, 3.63) is 50.7 Å². The zero-order valence-electron chi connectivity index (χ0n) is 8.55. The van der Waals surface area contributed by atoms with Gasteiger partial charge >= 0.3 is 0 Å². The van der Waals surface area contributed by atoms with E-state index in [4.69, 9.17) is 0 Å². The number of amides is 1. The molecular weight excluding hydrogens is 288 g/mol. The number of halogens is 1. The smallest absolute Gasteiger partial charge is 0.279 e. The summed E-state index contributed by atoms with van der Waals surface area (Å²) in [6.07, 6.45) is 1.87. The van der Waals surface area contributed by atoms with Gasteiger partial charge in [0.25, 0.3) is 5.91 Å². The van der Waals surface area contributed by atoms with E-state index in [9.17, 15) is 4.79 Å². The number of aryl methyl sites for hydroxylation is 1. The lowest BCUT2D eigenvalue weighted by atomic mass is 10.2. The van der Waals surface area contributed by atoms with Crippen LogP contribution in [0.1, 0.15) is 10.4 Å². The van der Waals surface area contributed by atoms with Gasteiger partial charge in [0.05, 0.1) is 0 Å². The highest BCUT2D eigenvalue weighted by atomic mass is 79.9. The third-order valence-corrected chi connectivity index (χ3v) is 3.42. The van der Waals surface area contributed by atoms with E-state index >= 15 is 0 Å². The van der Waals surface area contributed by atoms with Crippen LogP contribution < -0.4 is 4.80 Å². The molecule has 3 nitrogen and oxygen atoms in total. The summed E-state index contributed by atoms with van der Waals surface area (Å²) in [5.74, 6) is -0.217. The van der Waals surface area contributed by atoms with Crippen LogP contribution in [0.4, 0.5) is 0 Å². The quantitative estimate of drug-likeness (QED) is 0.796. The molecular formula is C11H9BrN2OS. The molecule has 0 saturated carbocycles. The van der Waals surface area contributed by atoms with Gasteiger partial charge in [-0.25, -0.2) is 0 Å². The van der Waals surface area contributed by atoms with Crippen molar-refractivity contribution in [1.29, 1.82) is 0 Å². The summed E-state index contributed by atoms with van der Waals surface area (Å²) in [6, 6.07) is 7.17. The van der Waals surface area contributed by atoms with E-state index in [0.29, 0.717) is 10.4 Å². The Morgan fingerprint density at radius 3 is 2.62 bits per heavy atom. The van der Waals surface area contributed by atoms with Crippen molar-refractivity contribution in [2.24, 2.45) is 12.0 Å². The van der Waals surface area contributed by atoms with E-state index in [2.05, 4.69) is 20.9 Å². The third kappa shape index (κ3) is 2.48. The highest BCUT2D eigenvalue weighted by Crippen LogP contribution is 2.11. The molecule has 0 saturated heterocycles. The van der Waals surface area contributed by atoms with Gasteiger partial charge in [0.15, 0.2) is 4.80 Å². The molecule has 0 radical (unpaired) electrons. The average Bonchev–Trinajstić information content (AvgIpc) is 2.65. The van der Waals surface area contributed by atoms with E-state index in [1.54, 1.807) is 12.1 Å². The maximum atomic E-state index is 11.8. The van der Waals surface area contributed by atoms with E-state index in [0.717, 1.165) is 4.47 Å². The molecule has 0 aliphatic rings. The summed E-state index contributed by atoms with van der Waals surface area (Å²) >= 11 is 4.76. The van der Waals surface area contributed by atoms with Crippen LogP contribution in [-0.2, 0) is 7.05 Å². The largest absolute Gasteiger partial charge is 0.327 e. The molecule has 0 unspecified atom stereocenters. The Kier molecular flexibility index (Phi) is 3.36. The minimum absolute atomic E-state index is 0.217. The summed E-state index contributed by atoms with van der Waals surface area (Å²) in [7, 11) is 1.87. The number of rotatable bonds is 1. The van der Waals surface area contributed by atoms with Gasteiger partial charge in [-0.05, 0) is 24.3 Å². The standard InChI is InChI=1S/C11H9BrN2OS/c1-14-6-7-16-11(14)13-10(15)8-2-4-9(12)5-3-8/h2-7H,1H3. The molecule has 1 aromatic carbocycles. The van der Waals surface area contributed by atoms with Crippen LogP contribution in [0.2, 0.25) is 0 Å². The fourth-order valence-corrected chi connectivity index (χ4v) is 2.17. The molecule has 82 valence electrons. The van der Waals surface area contributed by atoms with E-state index in [-0.39, 0.29) is 5.91 Å². The molecule has 1 aromatic heterocycles. The minimum atomic E-state index is -0.217. The summed E-state index contributed by atoms with van der Waals surface area (Å²) < 4.78 is 2.77. The molecule has 0 bridgehead atoms. The SMILES string of the molecule is Cn1ccsc1=NC(=O)c1ccc(Br)cc1. The molecule has 2 aromatic rings. The Balaban J connectivity index is 2.34. The molecule has 0 fully saturated rings. The monoisotopic (exact) mass is 296 g/mol. The fourth-order valence-electron chi connectivity index (χ4n) is 1.18. The van der Waals surface area contributed by atoms with Crippen LogP contribution in [0, 0.1) is 0 Å². The van der Waals surface area contributed by atoms with Crippen molar-refractivity contribution < 1.29 is 4.79 Å². The van der Waals surface area contributed by atoms with Gasteiger partial charge in [-0.1, -0.05) is 15.9 Å². The zero-order valence-corrected chi connectivity index (χ0v) is 11.0. The van der Waals surface area contributed by atoms with Gasteiger partial charge in [0, 0.05) is 28.7 Å². The van der Waals surface area contributed by atoms with Crippen molar-refractivity contribution in [2.45, 2.75) is 0 Å². The number of benzene rings is 1.